The van der Waals surface area contributed by atoms with Crippen LogP contribution >= 0.6 is 23.5 Å². The van der Waals surface area contributed by atoms with Crippen molar-refractivity contribution >= 4 is 59.6 Å². The van der Waals surface area contributed by atoms with Crippen LogP contribution in [0.2, 0.25) is 0 Å². The highest BCUT2D eigenvalue weighted by atomic mass is 32.2. The zero-order chi connectivity index (χ0) is 33.2. The number of aliphatic imine (C=N–C) groups is 1. The molecule has 5 unspecified atom stereocenters. The highest BCUT2D eigenvalue weighted by Gasteiger charge is 2.56. The molecule has 246 valence electrons. The summed E-state index contributed by atoms with van der Waals surface area (Å²) in [6, 6.07) is -1.08. The van der Waals surface area contributed by atoms with E-state index in [0.29, 0.717) is 35.8 Å². The summed E-state index contributed by atoms with van der Waals surface area (Å²) in [7, 11) is 0. The number of rotatable bonds is 17. The molecule has 3 rings (SSSR count). The fourth-order valence-corrected chi connectivity index (χ4v) is 6.88. The lowest BCUT2D eigenvalue weighted by atomic mass is 9.83. The Morgan fingerprint density at radius 2 is 1.84 bits per heavy atom. The highest BCUT2D eigenvalue weighted by molar-refractivity contribution is 8.03. The first kappa shape index (κ1) is 37.1. The number of carbonyl (C=O) groups excluding carboxylic acids is 2. The zero-order valence-corrected chi connectivity index (χ0v) is 26.7. The minimum absolute atomic E-state index is 0.0400. The average molecular weight is 658 g/mol. The van der Waals surface area contributed by atoms with Crippen LogP contribution < -0.4 is 16.8 Å². The average Bonchev–Trinajstić information content (AvgIpc) is 3.46. The Bertz CT molecular complexity index is 1190. The smallest absolute Gasteiger partial charge is 0.353 e. The number of allylic oxidation sites excluding steroid dienone is 1. The van der Waals surface area contributed by atoms with Crippen LogP contribution in [0, 0.1) is 17.3 Å². The number of thioether (sulfide) groups is 2. The van der Waals surface area contributed by atoms with Crippen molar-refractivity contribution in [3.05, 3.63) is 22.4 Å². The van der Waals surface area contributed by atoms with Gasteiger partial charge < -0.3 is 42.1 Å². The third-order valence-corrected chi connectivity index (χ3v) is 9.78. The number of nitrogens with zero attached hydrogens (tertiary/aromatic N) is 2. The molecule has 0 spiro atoms. The van der Waals surface area contributed by atoms with Gasteiger partial charge in [-0.1, -0.05) is 19.9 Å². The molecule has 3 aliphatic rings. The second-order valence-electron chi connectivity index (χ2n) is 11.4. The Balaban J connectivity index is 0.000000311. The van der Waals surface area contributed by atoms with Gasteiger partial charge in [0.05, 0.1) is 30.9 Å². The van der Waals surface area contributed by atoms with Crippen molar-refractivity contribution in [3.63, 3.8) is 0 Å². The van der Waals surface area contributed by atoms with Crippen LogP contribution in [0.25, 0.3) is 0 Å². The number of hydrogen-bond acceptors (Lipinski definition) is 10. The molecule has 0 radical (unpaired) electrons. The Morgan fingerprint density at radius 3 is 2.36 bits per heavy atom. The molecule has 5 atom stereocenters. The Morgan fingerprint density at radius 1 is 1.18 bits per heavy atom. The number of β-lactam (4-membered cyclic amide) rings is 1. The quantitative estimate of drug-likeness (QED) is 0.0380. The molecule has 0 aromatic carbocycles. The highest BCUT2D eigenvalue weighted by Crippen LogP contribution is 2.51. The molecule has 44 heavy (non-hydrogen) atoms. The monoisotopic (exact) mass is 657 g/mol. The standard InChI is InChI=1S/C16H26N2O5S.C12H17N3O4S/c1-16(2)8-10(16)13(19)18-12(15(22)23)6-4-3-5-7-24-9-11(17)14(20)21;1-6(16)9-7-4-8(20-3-2-14-5-13)10(12(18)19)15(7)11(9)17/h6,10-11H,3-5,7-9,17H2,1-2H3,(H,18,19)(H,20,21)(H,22,23);5-7,9,16H,2-4H2,1H3,(H2,13,14)(H,18,19)/b12-6-;. The molecule has 9 N–H and O–H groups in total. The lowest BCUT2D eigenvalue weighted by Crippen LogP contribution is -2.61. The molecule has 16 heteroatoms. The van der Waals surface area contributed by atoms with Crippen molar-refractivity contribution in [1.29, 1.82) is 0 Å². The van der Waals surface area contributed by atoms with E-state index in [0.717, 1.165) is 25.0 Å². The van der Waals surface area contributed by atoms with E-state index in [2.05, 4.69) is 10.3 Å². The largest absolute Gasteiger partial charge is 0.480 e. The summed E-state index contributed by atoms with van der Waals surface area (Å²) in [4.78, 5) is 62.8. The van der Waals surface area contributed by atoms with Gasteiger partial charge in [0.1, 0.15) is 17.4 Å². The van der Waals surface area contributed by atoms with Crippen molar-refractivity contribution in [2.45, 2.75) is 71.1 Å². The molecule has 0 bridgehead atoms. The summed E-state index contributed by atoms with van der Waals surface area (Å²) in [5.41, 5.74) is 10.5. The molecule has 0 aromatic rings. The van der Waals surface area contributed by atoms with Crippen LogP contribution in [0.1, 0.15) is 52.9 Å². The van der Waals surface area contributed by atoms with E-state index in [-0.39, 0.29) is 40.6 Å². The predicted octanol–water partition coefficient (Wildman–Crippen LogP) is 1.05. The number of aliphatic carboxylic acids is 3. The number of hydrogen-bond donors (Lipinski definition) is 7. The van der Waals surface area contributed by atoms with Crippen molar-refractivity contribution in [1.82, 2.24) is 10.2 Å². The summed E-state index contributed by atoms with van der Waals surface area (Å²) >= 11 is 2.84. The molecule has 2 aliphatic heterocycles. The molecule has 2 amide bonds. The van der Waals surface area contributed by atoms with E-state index in [4.69, 9.17) is 21.7 Å². The Kier molecular flexibility index (Phi) is 14.2. The van der Waals surface area contributed by atoms with Crippen LogP contribution in [0.4, 0.5) is 0 Å². The number of aliphatic hydroxyl groups is 1. The van der Waals surface area contributed by atoms with Gasteiger partial charge in [-0.05, 0) is 43.8 Å². The van der Waals surface area contributed by atoms with Crippen LogP contribution in [0.3, 0.4) is 0 Å². The van der Waals surface area contributed by atoms with Gasteiger partial charge in [-0.25, -0.2) is 9.59 Å². The number of nitrogens with one attached hydrogen (secondary N) is 1. The summed E-state index contributed by atoms with van der Waals surface area (Å²) in [6.07, 6.45) is 5.37. The SMILES string of the molecule is CC(O)C1C(=O)N2C(C(=O)O)=C(SCCN=CN)CC12.CC1(C)CC1C(=O)N/C(=C\CCCCSCC(N)C(=O)O)C(=O)O. The summed E-state index contributed by atoms with van der Waals surface area (Å²) in [6.45, 7) is 6.02. The normalized spacial score (nSPS) is 23.3. The van der Waals surface area contributed by atoms with E-state index in [9.17, 15) is 34.2 Å². The molecular weight excluding hydrogens is 614 g/mol. The predicted molar refractivity (Wildman–Crippen MR) is 168 cm³/mol. The minimum atomic E-state index is -1.14. The van der Waals surface area contributed by atoms with Crippen molar-refractivity contribution in [3.8, 4) is 0 Å². The van der Waals surface area contributed by atoms with E-state index in [1.165, 1.54) is 40.8 Å². The van der Waals surface area contributed by atoms with Crippen LogP contribution in [0.5, 0.6) is 0 Å². The molecule has 14 nitrogen and oxygen atoms in total. The first-order chi connectivity index (χ1) is 20.6. The number of aliphatic hydroxyl groups excluding tert-OH is 1. The molecule has 2 heterocycles. The molecule has 0 aromatic heterocycles. The molecule has 2 fully saturated rings. The van der Waals surface area contributed by atoms with Crippen LogP contribution in [-0.4, -0.2) is 103 Å². The van der Waals surface area contributed by atoms with E-state index >= 15 is 0 Å². The van der Waals surface area contributed by atoms with Crippen LogP contribution in [0.15, 0.2) is 27.4 Å². The summed E-state index contributed by atoms with van der Waals surface area (Å²) in [5, 5.41) is 39.2. The van der Waals surface area contributed by atoms with Crippen LogP contribution in [-0.2, 0) is 24.0 Å². The van der Waals surface area contributed by atoms with Gasteiger partial charge in [0, 0.05) is 28.7 Å². The summed E-state index contributed by atoms with van der Waals surface area (Å²) in [5.74, 6) is -2.67. The molecular formula is C28H43N5O9S2. The van der Waals surface area contributed by atoms with E-state index in [1.54, 1.807) is 6.92 Å². The van der Waals surface area contributed by atoms with Gasteiger partial charge in [0.2, 0.25) is 11.8 Å². The van der Waals surface area contributed by atoms with Gasteiger partial charge in [-0.15, -0.1) is 11.8 Å². The fraction of sp³-hybridized carbons (Fsp3) is 0.643. The maximum absolute atomic E-state index is 12.0. The zero-order valence-electron chi connectivity index (χ0n) is 25.1. The van der Waals surface area contributed by atoms with Crippen molar-refractivity contribution in [2.75, 3.05) is 23.8 Å². The van der Waals surface area contributed by atoms with Gasteiger partial charge in [-0.3, -0.25) is 19.4 Å². The maximum Gasteiger partial charge on any atom is 0.353 e. The van der Waals surface area contributed by atoms with Gasteiger partial charge in [-0.2, -0.15) is 11.8 Å². The fourth-order valence-electron chi connectivity index (χ4n) is 4.86. The number of fused-ring (bicyclic) bond motifs is 1. The second-order valence-corrected chi connectivity index (χ2v) is 13.7. The minimum Gasteiger partial charge on any atom is -0.480 e. The van der Waals surface area contributed by atoms with Gasteiger partial charge in [0.15, 0.2) is 0 Å². The topological polar surface area (TPSA) is 246 Å². The van der Waals surface area contributed by atoms with Crippen molar-refractivity contribution in [2.24, 2.45) is 33.7 Å². The third-order valence-electron chi connectivity index (χ3n) is 7.52. The third kappa shape index (κ3) is 10.2. The number of nitrogens with two attached hydrogens (primary N) is 2. The van der Waals surface area contributed by atoms with Gasteiger partial charge in [0.25, 0.3) is 0 Å². The molecule has 1 aliphatic carbocycles. The first-order valence-corrected chi connectivity index (χ1v) is 16.4. The molecule has 1 saturated heterocycles. The second kappa shape index (κ2) is 16.8. The first-order valence-electron chi connectivity index (χ1n) is 14.2. The van der Waals surface area contributed by atoms with Gasteiger partial charge >= 0.3 is 17.9 Å². The van der Waals surface area contributed by atoms with E-state index in [1.807, 2.05) is 13.8 Å². The van der Waals surface area contributed by atoms with E-state index < -0.39 is 36.0 Å². The Hall–Kier alpha value is -3.08. The lowest BCUT2D eigenvalue weighted by Gasteiger charge is -2.44. The lowest BCUT2D eigenvalue weighted by molar-refractivity contribution is -0.161. The maximum atomic E-state index is 12.0. The Labute approximate surface area is 264 Å². The number of carboxylic acids is 3. The number of carbonyl (C=O) groups is 5. The van der Waals surface area contributed by atoms with Crippen molar-refractivity contribution < 1.29 is 44.4 Å². The summed E-state index contributed by atoms with van der Waals surface area (Å²) < 4.78 is 0. The molecule has 1 saturated carbocycles. The number of unbranched alkanes of at least 4 members (excludes halogenated alkanes) is 2. The number of amides is 2. The number of carboxylic acid groups (broad SMARTS) is 3.